The zero-order valence-electron chi connectivity index (χ0n) is 13.7. The highest BCUT2D eigenvalue weighted by molar-refractivity contribution is 6.05. The summed E-state index contributed by atoms with van der Waals surface area (Å²) in [6.07, 6.45) is 6.30. The Labute approximate surface area is 144 Å². The molecule has 2 aliphatic carbocycles. The zero-order valence-corrected chi connectivity index (χ0v) is 13.7. The van der Waals surface area contributed by atoms with Gasteiger partial charge in [0.15, 0.2) is 5.78 Å². The SMILES string of the molecule is O=C(O)[C@H](Cc1ccc([N+](=O)[O-])cc1)NC1=CC(=O)C12CCCCC2. The van der Waals surface area contributed by atoms with Crippen LogP contribution in [0.2, 0.25) is 0 Å². The van der Waals surface area contributed by atoms with Crippen molar-refractivity contribution in [3.8, 4) is 0 Å². The Bertz CT molecular complexity index is 732. The van der Waals surface area contributed by atoms with Gasteiger partial charge in [-0.25, -0.2) is 4.79 Å². The third-order valence-corrected chi connectivity index (χ3v) is 5.18. The Morgan fingerprint density at radius 2 is 1.88 bits per heavy atom. The van der Waals surface area contributed by atoms with Crippen LogP contribution in [-0.4, -0.2) is 27.8 Å². The topological polar surface area (TPSA) is 110 Å². The number of carboxylic acid groups (broad SMARTS) is 1. The summed E-state index contributed by atoms with van der Waals surface area (Å²) in [5.41, 5.74) is 0.875. The molecule has 3 rings (SSSR count). The van der Waals surface area contributed by atoms with Gasteiger partial charge in [0.1, 0.15) is 6.04 Å². The van der Waals surface area contributed by atoms with E-state index in [2.05, 4.69) is 5.32 Å². The number of rotatable bonds is 6. The molecule has 1 atom stereocenters. The van der Waals surface area contributed by atoms with Crippen molar-refractivity contribution < 1.29 is 19.6 Å². The molecule has 1 aromatic rings. The monoisotopic (exact) mass is 344 g/mol. The van der Waals surface area contributed by atoms with Crippen LogP contribution in [-0.2, 0) is 16.0 Å². The first kappa shape index (κ1) is 17.1. The van der Waals surface area contributed by atoms with E-state index in [9.17, 15) is 24.8 Å². The second kappa shape index (κ2) is 6.66. The van der Waals surface area contributed by atoms with E-state index in [1.54, 1.807) is 12.1 Å². The number of nitrogens with zero attached hydrogens (tertiary/aromatic N) is 1. The molecular weight excluding hydrogens is 324 g/mol. The van der Waals surface area contributed by atoms with E-state index in [-0.39, 0.29) is 17.9 Å². The molecule has 1 fully saturated rings. The fourth-order valence-electron chi connectivity index (χ4n) is 3.69. The van der Waals surface area contributed by atoms with Gasteiger partial charge in [-0.05, 0) is 18.4 Å². The second-order valence-corrected chi connectivity index (χ2v) is 6.73. The molecule has 7 nitrogen and oxygen atoms in total. The van der Waals surface area contributed by atoms with Crippen molar-refractivity contribution in [2.24, 2.45) is 5.41 Å². The number of ketones is 1. The summed E-state index contributed by atoms with van der Waals surface area (Å²) in [5, 5.41) is 23.2. The summed E-state index contributed by atoms with van der Waals surface area (Å²) in [6.45, 7) is 0. The third-order valence-electron chi connectivity index (χ3n) is 5.18. The standard InChI is InChI=1S/C18H20N2O5/c21-16-11-15(18(16)8-2-1-3-9-18)19-14(17(22)23)10-12-4-6-13(7-5-12)20(24)25/h4-7,11,14,19H,1-3,8-10H2,(H,22,23)/t14-/m0/s1. The van der Waals surface area contributed by atoms with Crippen LogP contribution in [0, 0.1) is 15.5 Å². The van der Waals surface area contributed by atoms with Crippen LogP contribution in [0.4, 0.5) is 5.69 Å². The molecule has 0 heterocycles. The van der Waals surface area contributed by atoms with Gasteiger partial charge in [-0.1, -0.05) is 31.4 Å². The van der Waals surface area contributed by atoms with Gasteiger partial charge in [0.05, 0.1) is 10.3 Å². The van der Waals surface area contributed by atoms with E-state index < -0.39 is 22.3 Å². The molecular formula is C18H20N2O5. The molecule has 0 saturated heterocycles. The fourth-order valence-corrected chi connectivity index (χ4v) is 3.69. The molecule has 0 unspecified atom stereocenters. The van der Waals surface area contributed by atoms with Crippen LogP contribution in [0.3, 0.4) is 0 Å². The Balaban J connectivity index is 1.72. The first-order valence-electron chi connectivity index (χ1n) is 8.42. The minimum Gasteiger partial charge on any atom is -0.480 e. The summed E-state index contributed by atoms with van der Waals surface area (Å²) < 4.78 is 0. The average Bonchev–Trinajstić information content (AvgIpc) is 2.61. The first-order chi connectivity index (χ1) is 11.9. The fraction of sp³-hybridized carbons (Fsp3) is 0.444. The molecule has 1 spiro atoms. The van der Waals surface area contributed by atoms with Crippen LogP contribution >= 0.6 is 0 Å². The van der Waals surface area contributed by atoms with Crippen molar-refractivity contribution in [2.75, 3.05) is 0 Å². The molecule has 7 heteroatoms. The van der Waals surface area contributed by atoms with E-state index in [4.69, 9.17) is 0 Å². The number of carbonyl (C=O) groups excluding carboxylic acids is 1. The Kier molecular flexibility index (Phi) is 4.57. The highest BCUT2D eigenvalue weighted by atomic mass is 16.6. The number of non-ortho nitro benzene ring substituents is 1. The summed E-state index contributed by atoms with van der Waals surface area (Å²) in [7, 11) is 0. The van der Waals surface area contributed by atoms with Gasteiger partial charge in [-0.3, -0.25) is 14.9 Å². The maximum atomic E-state index is 12.1. The van der Waals surface area contributed by atoms with Crippen molar-refractivity contribution in [3.05, 3.63) is 51.7 Å². The van der Waals surface area contributed by atoms with E-state index in [1.165, 1.54) is 18.2 Å². The highest BCUT2D eigenvalue weighted by Crippen LogP contribution is 2.48. The smallest absolute Gasteiger partial charge is 0.326 e. The number of carbonyl (C=O) groups is 2. The number of nitro groups is 1. The van der Waals surface area contributed by atoms with Gasteiger partial charge < -0.3 is 10.4 Å². The molecule has 2 aliphatic rings. The van der Waals surface area contributed by atoms with Crippen molar-refractivity contribution in [1.82, 2.24) is 5.32 Å². The Hall–Kier alpha value is -2.70. The molecule has 0 aromatic heterocycles. The largest absolute Gasteiger partial charge is 0.480 e. The number of carboxylic acids is 1. The number of benzene rings is 1. The number of nitro benzene ring substituents is 1. The highest BCUT2D eigenvalue weighted by Gasteiger charge is 2.49. The van der Waals surface area contributed by atoms with Crippen molar-refractivity contribution in [3.63, 3.8) is 0 Å². The maximum Gasteiger partial charge on any atom is 0.326 e. The molecule has 2 N–H and O–H groups in total. The van der Waals surface area contributed by atoms with Gasteiger partial charge in [-0.2, -0.15) is 0 Å². The lowest BCUT2D eigenvalue weighted by molar-refractivity contribution is -0.384. The van der Waals surface area contributed by atoms with E-state index >= 15 is 0 Å². The quantitative estimate of drug-likeness (QED) is 0.606. The van der Waals surface area contributed by atoms with Gasteiger partial charge in [0, 0.05) is 30.3 Å². The van der Waals surface area contributed by atoms with E-state index in [0.29, 0.717) is 5.56 Å². The average molecular weight is 344 g/mol. The van der Waals surface area contributed by atoms with Gasteiger partial charge in [-0.15, -0.1) is 0 Å². The Morgan fingerprint density at radius 1 is 1.24 bits per heavy atom. The van der Waals surface area contributed by atoms with Crippen LogP contribution in [0.15, 0.2) is 36.0 Å². The van der Waals surface area contributed by atoms with Gasteiger partial charge in [0.2, 0.25) is 0 Å². The van der Waals surface area contributed by atoms with Crippen LogP contribution < -0.4 is 5.32 Å². The molecule has 0 bridgehead atoms. The van der Waals surface area contributed by atoms with Gasteiger partial charge in [0.25, 0.3) is 5.69 Å². The lowest BCUT2D eigenvalue weighted by Crippen LogP contribution is -2.51. The predicted molar refractivity (Wildman–Crippen MR) is 90.0 cm³/mol. The number of nitrogens with one attached hydrogen (secondary N) is 1. The van der Waals surface area contributed by atoms with Crippen LogP contribution in [0.5, 0.6) is 0 Å². The lowest BCUT2D eigenvalue weighted by atomic mass is 9.62. The number of allylic oxidation sites excluding steroid dienone is 2. The van der Waals surface area contributed by atoms with Crippen molar-refractivity contribution >= 4 is 17.4 Å². The normalized spacial score (nSPS) is 19.7. The molecule has 1 saturated carbocycles. The minimum absolute atomic E-state index is 0.0305. The third kappa shape index (κ3) is 3.26. The molecule has 0 aliphatic heterocycles. The summed E-state index contributed by atoms with van der Waals surface area (Å²) >= 11 is 0. The zero-order chi connectivity index (χ0) is 18.0. The van der Waals surface area contributed by atoms with Crippen molar-refractivity contribution in [1.29, 1.82) is 0 Å². The number of aliphatic carboxylic acids is 1. The van der Waals surface area contributed by atoms with Crippen LogP contribution in [0.25, 0.3) is 0 Å². The molecule has 0 amide bonds. The van der Waals surface area contributed by atoms with Crippen LogP contribution in [0.1, 0.15) is 37.7 Å². The minimum atomic E-state index is -1.01. The first-order valence-corrected chi connectivity index (χ1v) is 8.42. The van der Waals surface area contributed by atoms with Gasteiger partial charge >= 0.3 is 5.97 Å². The van der Waals surface area contributed by atoms with E-state index in [0.717, 1.165) is 37.8 Å². The molecule has 25 heavy (non-hydrogen) atoms. The summed E-state index contributed by atoms with van der Waals surface area (Å²) in [5.74, 6) is -0.918. The van der Waals surface area contributed by atoms with Crippen molar-refractivity contribution in [2.45, 2.75) is 44.6 Å². The number of hydrogen-bond acceptors (Lipinski definition) is 5. The van der Waals surface area contributed by atoms with E-state index in [1.807, 2.05) is 0 Å². The lowest BCUT2D eigenvalue weighted by Gasteiger charge is -2.44. The maximum absolute atomic E-state index is 12.1. The number of hydrogen-bond donors (Lipinski definition) is 2. The summed E-state index contributed by atoms with van der Waals surface area (Å²) in [4.78, 5) is 33.9. The predicted octanol–water partition coefficient (Wildman–Crippen LogP) is 2.60. The molecule has 1 aromatic carbocycles. The molecule has 0 radical (unpaired) electrons. The second-order valence-electron chi connectivity index (χ2n) is 6.73. The summed E-state index contributed by atoms with van der Waals surface area (Å²) in [6, 6.07) is 4.98. The Morgan fingerprint density at radius 3 is 2.40 bits per heavy atom. The molecule has 132 valence electrons.